The molecular weight excluding hydrogens is 484 g/mol. The molecule has 0 bridgehead atoms. The van der Waals surface area contributed by atoms with Crippen LogP contribution in [0.4, 0.5) is 5.69 Å². The monoisotopic (exact) mass is 502 g/mol. The van der Waals surface area contributed by atoms with Crippen molar-refractivity contribution in [3.8, 4) is 0 Å². The summed E-state index contributed by atoms with van der Waals surface area (Å²) in [5.41, 5.74) is 1.60. The molecule has 0 amide bonds. The Kier molecular flexibility index (Phi) is 6.21. The van der Waals surface area contributed by atoms with Crippen LogP contribution in [0.25, 0.3) is 10.8 Å². The summed E-state index contributed by atoms with van der Waals surface area (Å²) in [4.78, 5) is 11.7. The molecule has 0 unspecified atom stereocenters. The van der Waals surface area contributed by atoms with Gasteiger partial charge in [-0.1, -0.05) is 48.5 Å². The molecular formula is C23H18N8O2S2. The molecule has 0 radical (unpaired) electrons. The minimum atomic E-state index is -0.425. The maximum Gasteiger partial charge on any atom is 0.283 e. The second-order valence-electron chi connectivity index (χ2n) is 7.63. The molecule has 5 aromatic rings. The molecule has 3 aromatic carbocycles. The van der Waals surface area contributed by atoms with Crippen LogP contribution in [0.5, 0.6) is 0 Å². The van der Waals surface area contributed by atoms with Crippen LogP contribution < -0.4 is 0 Å². The van der Waals surface area contributed by atoms with E-state index in [9.17, 15) is 10.1 Å². The number of nitrogens with one attached hydrogen (secondary N) is 1. The lowest BCUT2D eigenvalue weighted by Crippen LogP contribution is -2.01. The fourth-order valence-electron chi connectivity index (χ4n) is 3.61. The normalized spacial score (nSPS) is 11.5. The minimum Gasteiger partial charge on any atom is -0.311 e. The first kappa shape index (κ1) is 22.6. The minimum absolute atomic E-state index is 0.0475. The smallest absolute Gasteiger partial charge is 0.283 e. The number of nitro benzene ring substituents is 1. The van der Waals surface area contributed by atoms with E-state index in [1.54, 1.807) is 30.1 Å². The maximum atomic E-state index is 11.7. The summed E-state index contributed by atoms with van der Waals surface area (Å²) in [6.07, 6.45) is 3.58. The van der Waals surface area contributed by atoms with Crippen molar-refractivity contribution in [2.75, 3.05) is 0 Å². The molecule has 35 heavy (non-hydrogen) atoms. The molecule has 0 spiro atoms. The molecule has 1 N–H and O–H groups in total. The molecule has 2 aromatic heterocycles. The van der Waals surface area contributed by atoms with Gasteiger partial charge in [0.05, 0.1) is 16.0 Å². The van der Waals surface area contributed by atoms with Gasteiger partial charge in [0.1, 0.15) is 6.33 Å². The van der Waals surface area contributed by atoms with Gasteiger partial charge in [0.25, 0.3) is 5.69 Å². The number of H-pyrrole nitrogens is 1. The molecule has 0 atom stereocenters. The highest BCUT2D eigenvalue weighted by Crippen LogP contribution is 2.33. The van der Waals surface area contributed by atoms with Crippen LogP contribution in [0.3, 0.4) is 0 Å². The lowest BCUT2D eigenvalue weighted by molar-refractivity contribution is -0.387. The Morgan fingerprint density at radius 1 is 1.20 bits per heavy atom. The van der Waals surface area contributed by atoms with E-state index < -0.39 is 4.92 Å². The standard InChI is InChI=1S/C23H18N8O2S2/c1-29-14-24-28-23(29)35-20-10-9-15(11-19(20)31(32)33)13-25-30-21(26-27-22(30)34)12-17-7-4-6-16-5-2-3-8-18(16)17/h2-11,13-14H,12H2,1H3,(H,27,34)/b25-13-. The largest absolute Gasteiger partial charge is 0.311 e. The number of nitrogens with zero attached hydrogens (tertiary/aromatic N) is 7. The molecule has 0 aliphatic heterocycles. The SMILES string of the molecule is Cn1cnnc1Sc1ccc(/C=N\n2c(Cc3cccc4ccccc34)n[nH]c2=S)cc1[N+](=O)[O-]. The van der Waals surface area contributed by atoms with Crippen molar-refractivity contribution >= 4 is 46.7 Å². The topological polar surface area (TPSA) is 120 Å². The summed E-state index contributed by atoms with van der Waals surface area (Å²) < 4.78 is 3.56. The second-order valence-corrected chi connectivity index (χ2v) is 9.02. The maximum absolute atomic E-state index is 11.7. The molecule has 2 heterocycles. The van der Waals surface area contributed by atoms with E-state index in [-0.39, 0.29) is 5.69 Å². The fraction of sp³-hybridized carbons (Fsp3) is 0.0870. The van der Waals surface area contributed by atoms with Crippen molar-refractivity contribution in [3.63, 3.8) is 0 Å². The Labute approximate surface area is 208 Å². The second kappa shape index (κ2) is 9.60. The number of rotatable bonds is 7. The molecule has 12 heteroatoms. The molecule has 0 aliphatic rings. The zero-order valence-electron chi connectivity index (χ0n) is 18.4. The third-order valence-corrected chi connectivity index (χ3v) is 6.70. The zero-order valence-corrected chi connectivity index (χ0v) is 20.0. The van der Waals surface area contributed by atoms with Crippen molar-refractivity contribution in [3.05, 3.63) is 98.8 Å². The van der Waals surface area contributed by atoms with Crippen LogP contribution in [-0.4, -0.2) is 40.8 Å². The van der Waals surface area contributed by atoms with E-state index in [2.05, 4.69) is 43.7 Å². The van der Waals surface area contributed by atoms with Crippen molar-refractivity contribution in [1.82, 2.24) is 29.6 Å². The molecule has 0 saturated heterocycles. The van der Waals surface area contributed by atoms with E-state index in [4.69, 9.17) is 12.2 Å². The quantitative estimate of drug-likeness (QED) is 0.147. The van der Waals surface area contributed by atoms with Gasteiger partial charge in [-0.25, -0.2) is 0 Å². The highest BCUT2D eigenvalue weighted by atomic mass is 32.2. The number of benzene rings is 3. The van der Waals surface area contributed by atoms with Crippen molar-refractivity contribution in [2.45, 2.75) is 16.5 Å². The van der Waals surface area contributed by atoms with Gasteiger partial charge in [-0.3, -0.25) is 15.2 Å². The summed E-state index contributed by atoms with van der Waals surface area (Å²) in [6, 6.07) is 19.1. The molecule has 5 rings (SSSR count). The highest BCUT2D eigenvalue weighted by Gasteiger charge is 2.17. The lowest BCUT2D eigenvalue weighted by Gasteiger charge is -2.06. The predicted molar refractivity (Wildman–Crippen MR) is 135 cm³/mol. The Morgan fingerprint density at radius 3 is 2.83 bits per heavy atom. The van der Waals surface area contributed by atoms with E-state index in [0.717, 1.165) is 16.3 Å². The van der Waals surface area contributed by atoms with Crippen LogP contribution >= 0.6 is 24.0 Å². The summed E-state index contributed by atoms with van der Waals surface area (Å²) in [5, 5.41) is 33.9. The summed E-state index contributed by atoms with van der Waals surface area (Å²) in [5.74, 6) is 0.631. The van der Waals surface area contributed by atoms with Gasteiger partial charge in [0.2, 0.25) is 4.77 Å². The van der Waals surface area contributed by atoms with Crippen LogP contribution in [-0.2, 0) is 13.5 Å². The lowest BCUT2D eigenvalue weighted by atomic mass is 10.0. The first-order chi connectivity index (χ1) is 17.0. The van der Waals surface area contributed by atoms with Gasteiger partial charge in [-0.15, -0.1) is 10.2 Å². The van der Waals surface area contributed by atoms with Crippen molar-refractivity contribution in [1.29, 1.82) is 0 Å². The van der Waals surface area contributed by atoms with Crippen molar-refractivity contribution < 1.29 is 4.92 Å². The fourth-order valence-corrected chi connectivity index (χ4v) is 4.65. The van der Waals surface area contributed by atoms with Gasteiger partial charge in [-0.2, -0.15) is 14.9 Å². The Morgan fingerprint density at radius 2 is 2.03 bits per heavy atom. The summed E-state index contributed by atoms with van der Waals surface area (Å²) in [7, 11) is 1.78. The van der Waals surface area contributed by atoms with Gasteiger partial charge in [0.15, 0.2) is 11.0 Å². The number of hydrogen-bond acceptors (Lipinski definition) is 8. The van der Waals surface area contributed by atoms with E-state index in [1.807, 2.05) is 24.3 Å². The average molecular weight is 503 g/mol. The van der Waals surface area contributed by atoms with Gasteiger partial charge >= 0.3 is 0 Å². The van der Waals surface area contributed by atoms with E-state index in [1.165, 1.54) is 28.7 Å². The van der Waals surface area contributed by atoms with Crippen LogP contribution in [0, 0.1) is 14.9 Å². The zero-order chi connectivity index (χ0) is 24.4. The van der Waals surface area contributed by atoms with E-state index in [0.29, 0.717) is 32.6 Å². The average Bonchev–Trinajstić information content (AvgIpc) is 3.43. The van der Waals surface area contributed by atoms with E-state index >= 15 is 0 Å². The van der Waals surface area contributed by atoms with Crippen LogP contribution in [0.1, 0.15) is 17.0 Å². The number of aryl methyl sites for hydroxylation is 1. The van der Waals surface area contributed by atoms with Crippen LogP contribution in [0.2, 0.25) is 0 Å². The van der Waals surface area contributed by atoms with Gasteiger partial charge < -0.3 is 4.57 Å². The molecule has 174 valence electrons. The number of hydrogen-bond donors (Lipinski definition) is 1. The van der Waals surface area contributed by atoms with Crippen LogP contribution in [0.15, 0.2) is 82.1 Å². The first-order valence-corrected chi connectivity index (χ1v) is 11.7. The molecule has 0 saturated carbocycles. The Balaban J connectivity index is 1.44. The number of aromatic amines is 1. The summed E-state index contributed by atoms with van der Waals surface area (Å²) >= 11 is 6.54. The Bertz CT molecular complexity index is 1630. The summed E-state index contributed by atoms with van der Waals surface area (Å²) in [6.45, 7) is 0. The molecule has 0 fully saturated rings. The van der Waals surface area contributed by atoms with Gasteiger partial charge in [0, 0.05) is 25.1 Å². The third-order valence-electron chi connectivity index (χ3n) is 5.32. The molecule has 10 nitrogen and oxygen atoms in total. The number of nitro groups is 1. The van der Waals surface area contributed by atoms with Gasteiger partial charge in [-0.05, 0) is 46.4 Å². The third kappa shape index (κ3) is 4.74. The first-order valence-electron chi connectivity index (χ1n) is 10.5. The predicted octanol–water partition coefficient (Wildman–Crippen LogP) is 4.75. The van der Waals surface area contributed by atoms with Crippen molar-refractivity contribution in [2.24, 2.45) is 12.1 Å². The highest BCUT2D eigenvalue weighted by molar-refractivity contribution is 7.99. The molecule has 0 aliphatic carbocycles. The number of fused-ring (bicyclic) bond motifs is 1. The Hall–Kier alpha value is -4.16. The number of aromatic nitrogens is 6.